The Morgan fingerprint density at radius 2 is 2.22 bits per heavy atom. The van der Waals surface area contributed by atoms with E-state index in [1.54, 1.807) is 19.1 Å². The Bertz CT molecular complexity index is 549. The SMILES string of the molecule is CCOc1ccccc1NC(=O)c1oncc1C. The zero-order valence-electron chi connectivity index (χ0n) is 10.3. The molecule has 1 aromatic heterocycles. The molecule has 0 spiro atoms. The van der Waals surface area contributed by atoms with Crippen LogP contribution in [0.3, 0.4) is 0 Å². The molecule has 5 nitrogen and oxygen atoms in total. The van der Waals surface area contributed by atoms with Crippen LogP contribution in [0.2, 0.25) is 0 Å². The van der Waals surface area contributed by atoms with Gasteiger partial charge in [0.2, 0.25) is 5.76 Å². The molecule has 0 aliphatic heterocycles. The number of anilines is 1. The molecule has 1 amide bonds. The van der Waals surface area contributed by atoms with Crippen molar-refractivity contribution in [3.8, 4) is 5.75 Å². The number of amides is 1. The minimum Gasteiger partial charge on any atom is -0.492 e. The summed E-state index contributed by atoms with van der Waals surface area (Å²) in [5, 5.41) is 6.32. The zero-order chi connectivity index (χ0) is 13.0. The molecule has 0 bridgehead atoms. The molecule has 2 rings (SSSR count). The number of ether oxygens (including phenoxy) is 1. The van der Waals surface area contributed by atoms with Gasteiger partial charge in [0.05, 0.1) is 18.5 Å². The van der Waals surface area contributed by atoms with Crippen molar-refractivity contribution in [3.05, 3.63) is 41.8 Å². The molecule has 0 radical (unpaired) electrons. The van der Waals surface area contributed by atoms with Crippen LogP contribution >= 0.6 is 0 Å². The van der Waals surface area contributed by atoms with Gasteiger partial charge in [-0.05, 0) is 26.0 Å². The number of nitrogens with zero attached hydrogens (tertiary/aromatic N) is 1. The van der Waals surface area contributed by atoms with Crippen LogP contribution in [0.15, 0.2) is 35.0 Å². The highest BCUT2D eigenvalue weighted by Crippen LogP contribution is 2.24. The van der Waals surface area contributed by atoms with Gasteiger partial charge in [-0.25, -0.2) is 0 Å². The van der Waals surface area contributed by atoms with Gasteiger partial charge in [-0.1, -0.05) is 17.3 Å². The lowest BCUT2D eigenvalue weighted by Gasteiger charge is -2.10. The van der Waals surface area contributed by atoms with Gasteiger partial charge >= 0.3 is 0 Å². The molecule has 5 heteroatoms. The third-order valence-corrected chi connectivity index (χ3v) is 2.39. The topological polar surface area (TPSA) is 64.4 Å². The predicted octanol–water partition coefficient (Wildman–Crippen LogP) is 2.63. The van der Waals surface area contributed by atoms with Gasteiger partial charge in [-0.2, -0.15) is 0 Å². The van der Waals surface area contributed by atoms with Gasteiger partial charge in [0.15, 0.2) is 0 Å². The molecule has 1 heterocycles. The average molecular weight is 246 g/mol. The zero-order valence-corrected chi connectivity index (χ0v) is 10.3. The summed E-state index contributed by atoms with van der Waals surface area (Å²) in [6, 6.07) is 7.24. The number of nitrogens with one attached hydrogen (secondary N) is 1. The summed E-state index contributed by atoms with van der Waals surface area (Å²) in [6.45, 7) is 4.19. The van der Waals surface area contributed by atoms with Crippen molar-refractivity contribution in [1.82, 2.24) is 5.16 Å². The first-order chi connectivity index (χ1) is 8.72. The largest absolute Gasteiger partial charge is 0.492 e. The van der Waals surface area contributed by atoms with Gasteiger partial charge in [-0.15, -0.1) is 0 Å². The molecule has 0 aliphatic carbocycles. The number of rotatable bonds is 4. The van der Waals surface area contributed by atoms with E-state index in [4.69, 9.17) is 9.26 Å². The second kappa shape index (κ2) is 5.35. The molecule has 0 saturated heterocycles. The Morgan fingerprint density at radius 1 is 1.44 bits per heavy atom. The van der Waals surface area contributed by atoms with E-state index >= 15 is 0 Å². The first kappa shape index (κ1) is 12.2. The summed E-state index contributed by atoms with van der Waals surface area (Å²) in [5.74, 6) is 0.504. The van der Waals surface area contributed by atoms with E-state index < -0.39 is 0 Å². The van der Waals surface area contributed by atoms with Gasteiger partial charge in [0.1, 0.15) is 5.75 Å². The fourth-order valence-electron chi connectivity index (χ4n) is 1.54. The van der Waals surface area contributed by atoms with Crippen molar-refractivity contribution in [3.63, 3.8) is 0 Å². The number of carbonyl (C=O) groups excluding carboxylic acids is 1. The highest BCUT2D eigenvalue weighted by atomic mass is 16.5. The molecule has 18 heavy (non-hydrogen) atoms. The number of para-hydroxylation sites is 2. The maximum absolute atomic E-state index is 12.0. The Balaban J connectivity index is 2.19. The lowest BCUT2D eigenvalue weighted by atomic mass is 10.2. The lowest BCUT2D eigenvalue weighted by Crippen LogP contribution is -2.13. The minimum atomic E-state index is -0.336. The molecule has 0 fully saturated rings. The summed E-state index contributed by atoms with van der Waals surface area (Å²) < 4.78 is 10.3. The van der Waals surface area contributed by atoms with Crippen LogP contribution in [0, 0.1) is 6.92 Å². The Morgan fingerprint density at radius 3 is 2.89 bits per heavy atom. The van der Waals surface area contributed by atoms with Crippen LogP contribution in [0.4, 0.5) is 5.69 Å². The van der Waals surface area contributed by atoms with E-state index in [9.17, 15) is 4.79 Å². The Labute approximate surface area is 105 Å². The smallest absolute Gasteiger partial charge is 0.294 e. The van der Waals surface area contributed by atoms with E-state index in [0.29, 0.717) is 23.6 Å². The van der Waals surface area contributed by atoms with Crippen LogP contribution in [0.1, 0.15) is 23.0 Å². The molecule has 2 aromatic rings. The van der Waals surface area contributed by atoms with Crippen molar-refractivity contribution in [2.24, 2.45) is 0 Å². The highest BCUT2D eigenvalue weighted by Gasteiger charge is 2.15. The fraction of sp³-hybridized carbons (Fsp3) is 0.231. The molecule has 0 saturated carbocycles. The van der Waals surface area contributed by atoms with Crippen LogP contribution in [-0.4, -0.2) is 17.7 Å². The molecular formula is C13H14N2O3. The maximum atomic E-state index is 12.0. The van der Waals surface area contributed by atoms with E-state index in [2.05, 4.69) is 10.5 Å². The van der Waals surface area contributed by atoms with Gasteiger partial charge in [0, 0.05) is 5.56 Å². The molecule has 1 N–H and O–H groups in total. The lowest BCUT2D eigenvalue weighted by molar-refractivity contribution is 0.0986. The first-order valence-corrected chi connectivity index (χ1v) is 5.66. The number of carbonyl (C=O) groups is 1. The first-order valence-electron chi connectivity index (χ1n) is 5.66. The third kappa shape index (κ3) is 2.51. The molecular weight excluding hydrogens is 232 g/mol. The maximum Gasteiger partial charge on any atom is 0.294 e. The van der Waals surface area contributed by atoms with Gasteiger partial charge < -0.3 is 14.6 Å². The van der Waals surface area contributed by atoms with Gasteiger partial charge in [0.25, 0.3) is 5.91 Å². The minimum absolute atomic E-state index is 0.210. The molecule has 94 valence electrons. The summed E-state index contributed by atoms with van der Waals surface area (Å²) in [7, 11) is 0. The second-order valence-electron chi connectivity index (χ2n) is 3.72. The van der Waals surface area contributed by atoms with Crippen molar-refractivity contribution in [1.29, 1.82) is 0 Å². The number of hydrogen-bond acceptors (Lipinski definition) is 4. The number of benzene rings is 1. The monoisotopic (exact) mass is 246 g/mol. The number of aryl methyl sites for hydroxylation is 1. The highest BCUT2D eigenvalue weighted by molar-refractivity contribution is 6.03. The Hall–Kier alpha value is -2.30. The quantitative estimate of drug-likeness (QED) is 0.900. The number of hydrogen-bond donors (Lipinski definition) is 1. The fourth-order valence-corrected chi connectivity index (χ4v) is 1.54. The summed E-state index contributed by atoms with van der Waals surface area (Å²) in [5.41, 5.74) is 1.31. The van der Waals surface area contributed by atoms with Crippen LogP contribution in [-0.2, 0) is 0 Å². The van der Waals surface area contributed by atoms with E-state index in [1.165, 1.54) is 6.20 Å². The summed E-state index contributed by atoms with van der Waals surface area (Å²) in [6.07, 6.45) is 1.50. The van der Waals surface area contributed by atoms with Gasteiger partial charge in [-0.3, -0.25) is 4.79 Å². The summed E-state index contributed by atoms with van der Waals surface area (Å²) >= 11 is 0. The molecule has 0 unspecified atom stereocenters. The van der Waals surface area contributed by atoms with Crippen molar-refractivity contribution in [2.45, 2.75) is 13.8 Å². The van der Waals surface area contributed by atoms with Crippen LogP contribution in [0.25, 0.3) is 0 Å². The molecule has 0 aliphatic rings. The van der Waals surface area contributed by atoms with Crippen LogP contribution in [0.5, 0.6) is 5.75 Å². The van der Waals surface area contributed by atoms with E-state index in [0.717, 1.165) is 0 Å². The Kier molecular flexibility index (Phi) is 3.62. The van der Waals surface area contributed by atoms with E-state index in [-0.39, 0.29) is 11.7 Å². The predicted molar refractivity (Wildman–Crippen MR) is 66.8 cm³/mol. The van der Waals surface area contributed by atoms with Crippen LogP contribution < -0.4 is 10.1 Å². The van der Waals surface area contributed by atoms with Crippen molar-refractivity contribution >= 4 is 11.6 Å². The van der Waals surface area contributed by atoms with E-state index in [1.807, 2.05) is 19.1 Å². The number of aromatic nitrogens is 1. The van der Waals surface area contributed by atoms with Crippen molar-refractivity contribution < 1.29 is 14.1 Å². The summed E-state index contributed by atoms with van der Waals surface area (Å²) in [4.78, 5) is 12.0. The standard InChI is InChI=1S/C13H14N2O3/c1-3-17-11-7-5-4-6-10(11)15-13(16)12-9(2)8-14-18-12/h4-8H,3H2,1-2H3,(H,15,16). The third-order valence-electron chi connectivity index (χ3n) is 2.39. The molecule has 0 atom stereocenters. The molecule has 1 aromatic carbocycles. The second-order valence-corrected chi connectivity index (χ2v) is 3.72. The average Bonchev–Trinajstić information content (AvgIpc) is 2.78. The van der Waals surface area contributed by atoms with Crippen molar-refractivity contribution in [2.75, 3.05) is 11.9 Å². The normalized spacial score (nSPS) is 10.1.